The minimum atomic E-state index is -0.363. The smallest absolute Gasteiger partial charge is 0.399 e. The van der Waals surface area contributed by atoms with E-state index >= 15 is 0 Å². The van der Waals surface area contributed by atoms with Crippen molar-refractivity contribution in [3.63, 3.8) is 0 Å². The van der Waals surface area contributed by atoms with Crippen LogP contribution in [0.4, 0.5) is 4.39 Å². The molecule has 3 radical (unpaired) electrons. The van der Waals surface area contributed by atoms with E-state index in [9.17, 15) is 14.9 Å². The lowest BCUT2D eigenvalue weighted by Gasteiger charge is -2.32. The number of benzene rings is 18. The Bertz CT molecular complexity index is 8070. The Morgan fingerprint density at radius 1 is 0.273 bits per heavy atom. The second-order valence-electron chi connectivity index (χ2n) is 33.9. The van der Waals surface area contributed by atoms with E-state index in [0.717, 1.165) is 94.6 Å². The van der Waals surface area contributed by atoms with E-state index in [0.29, 0.717) is 21.2 Å². The highest BCUT2D eigenvalue weighted by atomic mass is 79.9. The molecule has 132 heavy (non-hydrogen) atoms. The molecule has 18 aromatic carbocycles. The fraction of sp³-hybridized carbons (Fsp3) is 0.0593. The zero-order valence-corrected chi connectivity index (χ0v) is 76.0. The standard InChI is InChI=1S/C43H27N3.C25H15BrN2.C24H24BNO2.C13H7BrFN.C13H10.B/c44-28-29-11-9-12-30(23-29)32-24-33(27-35(26-32)46-42-21-7-3-17-38(42)39-18-4-8-22-43(39)46)31-13-10-14-34(25-31)45-40-19-5-1-15-36(40)37-16-2-6-20-41(37)45;26-20-13-19(18-7-5-6-17(12-18)16-27)14-21(15-20)28-24-10-3-1-8-22(24)23-9-2-4-11-25(23)28;1-23(2)24(3,4)28-25(27-23)17-10-9-11-18(16-17)26-21-14-7-5-12-19(21)20-13-6-8-15-22(20)26;14-12-5-11(6-13(15)7-12)10-3-1-2-9(4-10)8-16;1-3-7-12-10(5-1)9-11-6-2-4-8-13(11)12;/h1-27H;1-15H;5-16H,1-4H3;1-7H;1-8H,9H2;. The number of hydrogen-bond donors (Lipinski definition) is 0. The molecule has 1 saturated heterocycles. The topological polar surface area (TPSA) is 110 Å². The van der Waals surface area contributed by atoms with Gasteiger partial charge in [0.2, 0.25) is 0 Å². The molecule has 5 heterocycles. The van der Waals surface area contributed by atoms with Crippen LogP contribution in [0.2, 0.25) is 0 Å². The van der Waals surface area contributed by atoms with Crippen molar-refractivity contribution in [2.75, 3.05) is 0 Å². The lowest BCUT2D eigenvalue weighted by Crippen LogP contribution is -2.41. The molecule has 0 saturated carbocycles. The van der Waals surface area contributed by atoms with Gasteiger partial charge in [0.1, 0.15) is 5.82 Å². The van der Waals surface area contributed by atoms with Crippen molar-refractivity contribution in [1.29, 1.82) is 15.8 Å². The third-order valence-corrected chi connectivity index (χ3v) is 26.2. The van der Waals surface area contributed by atoms with Crippen molar-refractivity contribution < 1.29 is 13.7 Å². The van der Waals surface area contributed by atoms with Crippen molar-refractivity contribution in [2.24, 2.45) is 0 Å². The van der Waals surface area contributed by atoms with Crippen molar-refractivity contribution in [2.45, 2.75) is 45.3 Å². The second-order valence-corrected chi connectivity index (χ2v) is 35.7. The van der Waals surface area contributed by atoms with Crippen LogP contribution in [0.25, 0.3) is 166 Å². The van der Waals surface area contributed by atoms with Crippen LogP contribution in [0.5, 0.6) is 0 Å². The first kappa shape index (κ1) is 86.0. The van der Waals surface area contributed by atoms with Gasteiger partial charge in [-0.1, -0.05) is 287 Å². The fourth-order valence-electron chi connectivity index (χ4n) is 18.5. The number of para-hydroxylation sites is 8. The average Bonchev–Trinajstić information content (AvgIpc) is 1.59. The monoisotopic (exact) mass is 1830 g/mol. The third kappa shape index (κ3) is 16.7. The molecule has 629 valence electrons. The van der Waals surface area contributed by atoms with Crippen LogP contribution in [0.15, 0.2) is 428 Å². The molecule has 0 unspecified atom stereocenters. The number of nitriles is 3. The van der Waals surface area contributed by atoms with E-state index in [-0.39, 0.29) is 32.6 Å². The quantitative estimate of drug-likeness (QED) is 0.134. The summed E-state index contributed by atoms with van der Waals surface area (Å²) in [6, 6.07) is 150. The Morgan fingerprint density at radius 3 is 0.902 bits per heavy atom. The SMILES string of the molecule is CC1(C)OB(c2cccc(-n3c4ccccc4c4ccccc43)c2)OC1(C)C.N#Cc1cccc(-c2cc(-c3cccc(-n4c5ccccc5c5ccccc54)c3)cc(-n3c4ccccc4c4ccccc43)c2)c1.N#Cc1cccc(-c2cc(Br)cc(-n3c4ccccc4c4ccccc43)c2)c1.N#Cc1cccc(-c2cc(F)cc(Br)c2)c1.[B].c1ccc2c(c1)Cc1ccccc1-2. The summed E-state index contributed by atoms with van der Waals surface area (Å²) in [6.45, 7) is 8.35. The highest BCUT2D eigenvalue weighted by Crippen LogP contribution is 2.43. The molecule has 0 spiro atoms. The van der Waals surface area contributed by atoms with Gasteiger partial charge in [-0.15, -0.1) is 0 Å². The highest BCUT2D eigenvalue weighted by Gasteiger charge is 2.52. The van der Waals surface area contributed by atoms with Crippen molar-refractivity contribution in [3.8, 4) is 96.6 Å². The molecule has 22 aromatic rings. The first-order chi connectivity index (χ1) is 64.0. The van der Waals surface area contributed by atoms with Crippen LogP contribution in [0, 0.1) is 39.8 Å². The molecule has 0 amide bonds. The van der Waals surface area contributed by atoms with Gasteiger partial charge in [0.15, 0.2) is 0 Å². The molecule has 0 bridgehead atoms. The Morgan fingerprint density at radius 2 is 0.545 bits per heavy atom. The predicted molar refractivity (Wildman–Crippen MR) is 551 cm³/mol. The van der Waals surface area contributed by atoms with Crippen molar-refractivity contribution in [3.05, 3.63) is 461 Å². The normalized spacial score (nSPS) is 12.6. The molecule has 0 atom stereocenters. The lowest BCUT2D eigenvalue weighted by molar-refractivity contribution is 0.00578. The van der Waals surface area contributed by atoms with Gasteiger partial charge in [-0.3, -0.25) is 0 Å². The van der Waals surface area contributed by atoms with E-state index in [2.05, 4.69) is 430 Å². The van der Waals surface area contributed by atoms with Crippen LogP contribution in [-0.4, -0.2) is 45.0 Å². The number of rotatable bonds is 9. The first-order valence-electron chi connectivity index (χ1n) is 43.6. The number of fused-ring (bicyclic) bond motifs is 15. The van der Waals surface area contributed by atoms with E-state index in [4.69, 9.17) is 14.6 Å². The molecule has 2 aliphatic rings. The van der Waals surface area contributed by atoms with Crippen LogP contribution in [0.3, 0.4) is 0 Å². The van der Waals surface area contributed by atoms with Gasteiger partial charge in [0, 0.05) is 83.2 Å². The number of nitrogens with zero attached hydrogens (tertiary/aromatic N) is 7. The minimum absolute atomic E-state index is 0. The molecule has 1 aliphatic carbocycles. The second kappa shape index (κ2) is 36.6. The summed E-state index contributed by atoms with van der Waals surface area (Å²) >= 11 is 6.92. The molecule has 14 heteroatoms. The number of halogens is 3. The largest absolute Gasteiger partial charge is 0.494 e. The molecule has 4 aromatic heterocycles. The van der Waals surface area contributed by atoms with Crippen molar-refractivity contribution in [1.82, 2.24) is 18.3 Å². The molecule has 1 fully saturated rings. The Hall–Kier alpha value is -15.4. The Labute approximate surface area is 784 Å². The summed E-state index contributed by atoms with van der Waals surface area (Å²) in [5.74, 6) is -0.299. The predicted octanol–water partition coefficient (Wildman–Crippen LogP) is 30.3. The maximum atomic E-state index is 13.2. The summed E-state index contributed by atoms with van der Waals surface area (Å²) in [7, 11) is -0.363. The summed E-state index contributed by atoms with van der Waals surface area (Å²) in [4.78, 5) is 0. The first-order valence-corrected chi connectivity index (χ1v) is 45.2. The van der Waals surface area contributed by atoms with Crippen LogP contribution in [0.1, 0.15) is 55.5 Å². The van der Waals surface area contributed by atoms with Gasteiger partial charge in [0.25, 0.3) is 0 Å². The van der Waals surface area contributed by atoms with Crippen LogP contribution in [-0.2, 0) is 15.7 Å². The molecule has 9 nitrogen and oxygen atoms in total. The summed E-state index contributed by atoms with van der Waals surface area (Å²) < 4.78 is 36.8. The van der Waals surface area contributed by atoms with E-state index in [1.165, 1.54) is 111 Å². The summed E-state index contributed by atoms with van der Waals surface area (Å²) in [6.07, 6.45) is 1.10. The van der Waals surface area contributed by atoms with E-state index in [1.807, 2.05) is 54.6 Å². The van der Waals surface area contributed by atoms with Gasteiger partial charge in [-0.25, -0.2) is 4.39 Å². The molecule has 1 aliphatic heterocycles. The molecular weight excluding hydrogens is 1750 g/mol. The fourth-order valence-corrected chi connectivity index (χ4v) is 19.4. The lowest BCUT2D eigenvalue weighted by atomic mass is 9.79. The van der Waals surface area contributed by atoms with Gasteiger partial charge in [-0.05, 0) is 270 Å². The van der Waals surface area contributed by atoms with E-state index in [1.54, 1.807) is 18.2 Å². The molecular formula is C118H83B2Br2FN7O2. The van der Waals surface area contributed by atoms with Gasteiger partial charge >= 0.3 is 7.12 Å². The number of aromatic nitrogens is 4. The van der Waals surface area contributed by atoms with Crippen LogP contribution < -0.4 is 5.46 Å². The summed E-state index contributed by atoms with van der Waals surface area (Å²) in [5, 5.41) is 37.7. The Balaban J connectivity index is 0.000000114. The molecule has 24 rings (SSSR count). The summed E-state index contributed by atoms with van der Waals surface area (Å²) in [5.41, 5.74) is 29.8. The molecule has 0 N–H and O–H groups in total. The number of hydrogen-bond acceptors (Lipinski definition) is 5. The maximum Gasteiger partial charge on any atom is 0.494 e. The zero-order valence-electron chi connectivity index (χ0n) is 72.8. The maximum absolute atomic E-state index is 13.2. The Kier molecular flexibility index (Phi) is 23.8. The highest BCUT2D eigenvalue weighted by molar-refractivity contribution is 9.10. The van der Waals surface area contributed by atoms with Gasteiger partial charge < -0.3 is 27.6 Å². The zero-order chi connectivity index (χ0) is 89.4. The van der Waals surface area contributed by atoms with Crippen LogP contribution >= 0.6 is 31.9 Å². The van der Waals surface area contributed by atoms with E-state index < -0.39 is 0 Å². The average molecular weight is 1830 g/mol. The van der Waals surface area contributed by atoms with Gasteiger partial charge in [-0.2, -0.15) is 15.8 Å². The minimum Gasteiger partial charge on any atom is -0.399 e. The van der Waals surface area contributed by atoms with Crippen molar-refractivity contribution >= 4 is 140 Å². The van der Waals surface area contributed by atoms with Gasteiger partial charge in [0.05, 0.1) is 90.2 Å². The third-order valence-electron chi connectivity index (χ3n) is 25.3.